The Bertz CT molecular complexity index is 1070. The number of allylic oxidation sites excluding steroid dienone is 1. The van der Waals surface area contributed by atoms with Crippen molar-refractivity contribution in [2.45, 2.75) is 6.61 Å². The predicted molar refractivity (Wildman–Crippen MR) is 110 cm³/mol. The Balaban J connectivity index is 1.56. The molecule has 146 valence electrons. The van der Waals surface area contributed by atoms with Crippen LogP contribution in [0.5, 0.6) is 23.0 Å². The van der Waals surface area contributed by atoms with Crippen molar-refractivity contribution in [2.24, 2.45) is 0 Å². The molecule has 0 radical (unpaired) electrons. The number of ether oxygens (including phenoxy) is 4. The Hall–Kier alpha value is -3.73. The molecule has 0 saturated heterocycles. The van der Waals surface area contributed by atoms with E-state index in [0.717, 1.165) is 5.56 Å². The van der Waals surface area contributed by atoms with Crippen LogP contribution in [-0.4, -0.2) is 20.0 Å². The zero-order chi connectivity index (χ0) is 20.2. The van der Waals surface area contributed by atoms with Gasteiger partial charge in [-0.3, -0.25) is 4.79 Å². The molecule has 0 N–H and O–H groups in total. The third kappa shape index (κ3) is 3.80. The second kappa shape index (κ2) is 8.10. The van der Waals surface area contributed by atoms with Crippen LogP contribution < -0.4 is 18.9 Å². The number of Topliss-reactive ketones (excluding diaryl/α,β-unsaturated/α-hetero) is 1. The lowest BCUT2D eigenvalue weighted by Crippen LogP contribution is -1.99. The minimum absolute atomic E-state index is 0.181. The van der Waals surface area contributed by atoms with Gasteiger partial charge in [0.1, 0.15) is 18.1 Å². The van der Waals surface area contributed by atoms with Crippen molar-refractivity contribution in [3.8, 4) is 23.0 Å². The van der Waals surface area contributed by atoms with Crippen LogP contribution in [0.25, 0.3) is 6.08 Å². The number of hydrogen-bond donors (Lipinski definition) is 0. The van der Waals surface area contributed by atoms with Crippen LogP contribution in [0.4, 0.5) is 0 Å². The number of methoxy groups -OCH3 is 2. The summed E-state index contributed by atoms with van der Waals surface area (Å²) in [4.78, 5) is 12.7. The summed E-state index contributed by atoms with van der Waals surface area (Å²) in [5.41, 5.74) is 2.27. The maximum atomic E-state index is 12.7. The van der Waals surface area contributed by atoms with E-state index in [1.807, 2.05) is 42.5 Å². The molecule has 3 aromatic rings. The average molecular weight is 388 g/mol. The van der Waals surface area contributed by atoms with Crippen LogP contribution >= 0.6 is 0 Å². The fourth-order valence-electron chi connectivity index (χ4n) is 3.16. The monoisotopic (exact) mass is 388 g/mol. The second-order valence-electron chi connectivity index (χ2n) is 6.45. The first-order valence-corrected chi connectivity index (χ1v) is 9.15. The van der Waals surface area contributed by atoms with Crippen molar-refractivity contribution in [2.75, 3.05) is 14.2 Å². The highest BCUT2D eigenvalue weighted by Crippen LogP contribution is 2.37. The largest absolute Gasteiger partial charge is 0.493 e. The third-order valence-electron chi connectivity index (χ3n) is 4.61. The van der Waals surface area contributed by atoms with Gasteiger partial charge in [-0.25, -0.2) is 0 Å². The zero-order valence-corrected chi connectivity index (χ0v) is 16.2. The van der Waals surface area contributed by atoms with Gasteiger partial charge in [0.05, 0.1) is 19.8 Å². The lowest BCUT2D eigenvalue weighted by molar-refractivity contribution is 0.101. The van der Waals surface area contributed by atoms with E-state index in [2.05, 4.69) is 0 Å². The van der Waals surface area contributed by atoms with Crippen molar-refractivity contribution >= 4 is 11.9 Å². The van der Waals surface area contributed by atoms with Crippen LogP contribution in [0.2, 0.25) is 0 Å². The van der Waals surface area contributed by atoms with Crippen LogP contribution in [0.15, 0.2) is 72.5 Å². The van der Waals surface area contributed by atoms with E-state index in [1.165, 1.54) is 0 Å². The first kappa shape index (κ1) is 18.6. The van der Waals surface area contributed by atoms with Gasteiger partial charge < -0.3 is 18.9 Å². The second-order valence-corrected chi connectivity index (χ2v) is 6.45. The molecular formula is C24H20O5. The van der Waals surface area contributed by atoms with Gasteiger partial charge in [-0.2, -0.15) is 0 Å². The van der Waals surface area contributed by atoms with Gasteiger partial charge in [-0.15, -0.1) is 0 Å². The van der Waals surface area contributed by atoms with Gasteiger partial charge in [0.15, 0.2) is 17.3 Å². The molecule has 0 atom stereocenters. The summed E-state index contributed by atoms with van der Waals surface area (Å²) >= 11 is 0. The maximum Gasteiger partial charge on any atom is 0.231 e. The molecular weight excluding hydrogens is 368 g/mol. The summed E-state index contributed by atoms with van der Waals surface area (Å²) in [5, 5.41) is 0. The lowest BCUT2D eigenvalue weighted by atomic mass is 10.1. The van der Waals surface area contributed by atoms with E-state index in [9.17, 15) is 4.79 Å². The summed E-state index contributed by atoms with van der Waals surface area (Å²) in [5.74, 6) is 2.30. The third-order valence-corrected chi connectivity index (χ3v) is 4.61. The number of fused-ring (bicyclic) bond motifs is 1. The molecule has 29 heavy (non-hydrogen) atoms. The molecule has 0 bridgehead atoms. The lowest BCUT2D eigenvalue weighted by Gasteiger charge is -2.10. The molecule has 0 saturated carbocycles. The molecule has 0 amide bonds. The van der Waals surface area contributed by atoms with Crippen molar-refractivity contribution in [1.29, 1.82) is 0 Å². The summed E-state index contributed by atoms with van der Waals surface area (Å²) in [7, 11) is 3.13. The Morgan fingerprint density at radius 2 is 1.76 bits per heavy atom. The normalized spacial score (nSPS) is 13.7. The predicted octanol–water partition coefficient (Wildman–Crippen LogP) is 4.90. The van der Waals surface area contributed by atoms with Gasteiger partial charge in [0.25, 0.3) is 0 Å². The summed E-state index contributed by atoms with van der Waals surface area (Å²) in [6.07, 6.45) is 1.66. The summed E-state index contributed by atoms with van der Waals surface area (Å²) in [6, 6.07) is 20.6. The highest BCUT2D eigenvalue weighted by atomic mass is 16.5. The quantitative estimate of drug-likeness (QED) is 0.562. The molecule has 1 aliphatic heterocycles. The first-order chi connectivity index (χ1) is 14.2. The molecule has 3 aromatic carbocycles. The fraction of sp³-hybridized carbons (Fsp3) is 0.125. The Kier molecular flexibility index (Phi) is 5.20. The first-order valence-electron chi connectivity index (χ1n) is 9.15. The number of benzene rings is 3. The zero-order valence-electron chi connectivity index (χ0n) is 16.2. The average Bonchev–Trinajstić information content (AvgIpc) is 3.07. The number of ketones is 1. The topological polar surface area (TPSA) is 54.0 Å². The smallest absolute Gasteiger partial charge is 0.231 e. The highest BCUT2D eigenvalue weighted by molar-refractivity contribution is 6.14. The van der Waals surface area contributed by atoms with E-state index in [1.54, 1.807) is 44.6 Å². The minimum Gasteiger partial charge on any atom is -0.493 e. The van der Waals surface area contributed by atoms with Crippen LogP contribution in [0, 0.1) is 0 Å². The minimum atomic E-state index is -0.181. The van der Waals surface area contributed by atoms with Crippen LogP contribution in [0.3, 0.4) is 0 Å². The molecule has 1 aliphatic rings. The van der Waals surface area contributed by atoms with Gasteiger partial charge in [-0.1, -0.05) is 42.5 Å². The Labute approximate surface area is 169 Å². The maximum absolute atomic E-state index is 12.7. The Morgan fingerprint density at radius 3 is 2.52 bits per heavy atom. The molecule has 1 heterocycles. The number of carbonyl (C=O) groups is 1. The molecule has 0 fully saturated rings. The molecule has 4 rings (SSSR count). The summed E-state index contributed by atoms with van der Waals surface area (Å²) in [6.45, 7) is 0.442. The van der Waals surface area contributed by atoms with Gasteiger partial charge >= 0.3 is 0 Å². The van der Waals surface area contributed by atoms with E-state index >= 15 is 0 Å². The standard InChI is InChI=1S/C24H20O5/c1-26-20-10-6-9-17(24(20)27-2)13-22-23(25)19-12-11-18(14-21(19)29-22)28-15-16-7-4-3-5-8-16/h3-14H,15H2,1-2H3/b22-13-. The summed E-state index contributed by atoms with van der Waals surface area (Å²) < 4.78 is 22.4. The van der Waals surface area contributed by atoms with E-state index in [4.69, 9.17) is 18.9 Å². The van der Waals surface area contributed by atoms with Crippen molar-refractivity contribution < 1.29 is 23.7 Å². The van der Waals surface area contributed by atoms with Crippen molar-refractivity contribution in [3.05, 3.63) is 89.2 Å². The van der Waals surface area contributed by atoms with Gasteiger partial charge in [0, 0.05) is 11.6 Å². The highest BCUT2D eigenvalue weighted by Gasteiger charge is 2.28. The number of rotatable bonds is 6. The van der Waals surface area contributed by atoms with Gasteiger partial charge in [-0.05, 0) is 29.8 Å². The van der Waals surface area contributed by atoms with E-state index in [0.29, 0.717) is 40.7 Å². The number of carbonyl (C=O) groups excluding carboxylic acids is 1. The Morgan fingerprint density at radius 1 is 0.931 bits per heavy atom. The fourth-order valence-corrected chi connectivity index (χ4v) is 3.16. The molecule has 0 aromatic heterocycles. The number of hydrogen-bond acceptors (Lipinski definition) is 5. The van der Waals surface area contributed by atoms with Crippen LogP contribution in [0.1, 0.15) is 21.5 Å². The molecule has 0 spiro atoms. The SMILES string of the molecule is COc1cccc(/C=C2\Oc3cc(OCc4ccccc4)ccc3C2=O)c1OC. The molecule has 5 heteroatoms. The van der Waals surface area contributed by atoms with Gasteiger partial charge in [0.2, 0.25) is 5.78 Å². The van der Waals surface area contributed by atoms with E-state index < -0.39 is 0 Å². The number of para-hydroxylation sites is 1. The molecule has 0 aliphatic carbocycles. The molecule has 0 unspecified atom stereocenters. The van der Waals surface area contributed by atoms with Crippen molar-refractivity contribution in [1.82, 2.24) is 0 Å². The van der Waals surface area contributed by atoms with E-state index in [-0.39, 0.29) is 11.5 Å². The van der Waals surface area contributed by atoms with Crippen LogP contribution in [-0.2, 0) is 6.61 Å². The molecule has 5 nitrogen and oxygen atoms in total. The van der Waals surface area contributed by atoms with Crippen molar-refractivity contribution in [3.63, 3.8) is 0 Å².